The Morgan fingerprint density at radius 3 is 2.55 bits per heavy atom. The average molecular weight is 508 g/mol. The van der Waals surface area contributed by atoms with Gasteiger partial charge in [0.25, 0.3) is 0 Å². The molecule has 3 heterocycles. The van der Waals surface area contributed by atoms with E-state index in [2.05, 4.69) is 58.2 Å². The first-order valence-electron chi connectivity index (χ1n) is 13.0. The van der Waals surface area contributed by atoms with Crippen molar-refractivity contribution in [1.82, 2.24) is 19.9 Å². The average Bonchev–Trinajstić information content (AvgIpc) is 3.16. The molecule has 38 heavy (non-hydrogen) atoms. The molecule has 2 aromatic heterocycles. The Balaban J connectivity index is 1.37. The van der Waals surface area contributed by atoms with Crippen LogP contribution in [0.5, 0.6) is 5.75 Å². The van der Waals surface area contributed by atoms with Crippen LogP contribution in [0, 0.1) is 19.7 Å². The third kappa shape index (κ3) is 4.72. The number of anilines is 1. The quantitative estimate of drug-likeness (QED) is 0.301. The molecule has 0 radical (unpaired) electrons. The van der Waals surface area contributed by atoms with Crippen molar-refractivity contribution in [2.45, 2.75) is 40.2 Å². The fourth-order valence-corrected chi connectivity index (χ4v) is 5.14. The van der Waals surface area contributed by atoms with Crippen molar-refractivity contribution in [3.8, 4) is 16.9 Å². The van der Waals surface area contributed by atoms with E-state index in [9.17, 15) is 4.39 Å². The summed E-state index contributed by atoms with van der Waals surface area (Å²) in [6.45, 7) is 8.02. The van der Waals surface area contributed by atoms with Gasteiger partial charge in [0.05, 0.1) is 17.6 Å². The zero-order valence-corrected chi connectivity index (χ0v) is 21.9. The molecular weight excluding hydrogens is 477 g/mol. The van der Waals surface area contributed by atoms with Crippen LogP contribution in [0.25, 0.3) is 22.2 Å². The second kappa shape index (κ2) is 9.89. The molecule has 0 bridgehead atoms. The van der Waals surface area contributed by atoms with E-state index in [1.807, 2.05) is 26.0 Å². The highest BCUT2D eigenvalue weighted by molar-refractivity contribution is 5.82. The third-order valence-electron chi connectivity index (χ3n) is 7.12. The number of hydrogen-bond donors (Lipinski definition) is 1. The predicted molar refractivity (Wildman–Crippen MR) is 148 cm³/mol. The van der Waals surface area contributed by atoms with Crippen molar-refractivity contribution in [3.63, 3.8) is 0 Å². The van der Waals surface area contributed by atoms with Crippen molar-refractivity contribution >= 4 is 16.9 Å². The Kier molecular flexibility index (Phi) is 6.27. The van der Waals surface area contributed by atoms with Gasteiger partial charge in [0.2, 0.25) is 0 Å². The predicted octanol–water partition coefficient (Wildman–Crippen LogP) is 6.33. The molecule has 5 aromatic rings. The fraction of sp³-hybridized carbons (Fsp3) is 0.258. The SMILES string of the molecule is CCc1nc(C)c(Cc2ccc(F)cc2)c(N2CCOc3ccc(-c4ccc5nc(C)[nH]c5c4)cc3C2)n1. The first-order valence-corrected chi connectivity index (χ1v) is 13.0. The summed E-state index contributed by atoms with van der Waals surface area (Å²) in [5, 5.41) is 0. The topological polar surface area (TPSA) is 66.9 Å². The molecule has 0 atom stereocenters. The van der Waals surface area contributed by atoms with E-state index in [0.717, 1.165) is 74.2 Å². The number of aromatic nitrogens is 4. The van der Waals surface area contributed by atoms with Crippen LogP contribution in [0.15, 0.2) is 60.7 Å². The lowest BCUT2D eigenvalue weighted by Gasteiger charge is -2.25. The molecule has 0 unspecified atom stereocenters. The van der Waals surface area contributed by atoms with E-state index in [-0.39, 0.29) is 5.82 Å². The number of rotatable bonds is 5. The molecule has 0 saturated heterocycles. The minimum Gasteiger partial charge on any atom is -0.491 e. The summed E-state index contributed by atoms with van der Waals surface area (Å²) in [5.41, 5.74) is 8.42. The zero-order chi connectivity index (χ0) is 26.2. The molecule has 0 aliphatic carbocycles. The van der Waals surface area contributed by atoms with Gasteiger partial charge in [-0.15, -0.1) is 0 Å². The monoisotopic (exact) mass is 507 g/mol. The molecule has 0 amide bonds. The van der Waals surface area contributed by atoms with Crippen molar-refractivity contribution < 1.29 is 9.13 Å². The maximum Gasteiger partial charge on any atom is 0.136 e. The van der Waals surface area contributed by atoms with Crippen LogP contribution in [-0.4, -0.2) is 33.1 Å². The van der Waals surface area contributed by atoms with Crippen LogP contribution in [0.3, 0.4) is 0 Å². The summed E-state index contributed by atoms with van der Waals surface area (Å²) in [5.74, 6) is 3.32. The number of ether oxygens (including phenoxy) is 1. The maximum atomic E-state index is 13.5. The summed E-state index contributed by atoms with van der Waals surface area (Å²) in [6.07, 6.45) is 1.39. The number of nitrogens with zero attached hydrogens (tertiary/aromatic N) is 4. The first-order chi connectivity index (χ1) is 18.5. The summed E-state index contributed by atoms with van der Waals surface area (Å²) < 4.78 is 19.7. The number of imidazole rings is 1. The van der Waals surface area contributed by atoms with E-state index in [0.29, 0.717) is 26.1 Å². The van der Waals surface area contributed by atoms with Crippen molar-refractivity contribution in [3.05, 3.63) is 101 Å². The highest BCUT2D eigenvalue weighted by Crippen LogP contribution is 2.33. The van der Waals surface area contributed by atoms with Gasteiger partial charge in [-0.2, -0.15) is 0 Å². The molecular formula is C31H30FN5O. The largest absolute Gasteiger partial charge is 0.491 e. The van der Waals surface area contributed by atoms with E-state index < -0.39 is 0 Å². The fourth-order valence-electron chi connectivity index (χ4n) is 5.14. The highest BCUT2D eigenvalue weighted by atomic mass is 19.1. The molecule has 0 spiro atoms. The number of fused-ring (bicyclic) bond motifs is 2. The minimum absolute atomic E-state index is 0.234. The Morgan fingerprint density at radius 2 is 1.74 bits per heavy atom. The number of hydrogen-bond acceptors (Lipinski definition) is 5. The highest BCUT2D eigenvalue weighted by Gasteiger charge is 2.22. The molecule has 192 valence electrons. The van der Waals surface area contributed by atoms with Crippen LogP contribution >= 0.6 is 0 Å². The number of aromatic amines is 1. The molecule has 1 N–H and O–H groups in total. The summed E-state index contributed by atoms with van der Waals surface area (Å²) in [7, 11) is 0. The number of nitrogens with one attached hydrogen (secondary N) is 1. The molecule has 7 heteroatoms. The zero-order valence-electron chi connectivity index (χ0n) is 21.9. The van der Waals surface area contributed by atoms with Gasteiger partial charge in [-0.1, -0.05) is 31.2 Å². The van der Waals surface area contributed by atoms with E-state index in [4.69, 9.17) is 14.7 Å². The first kappa shape index (κ1) is 24.1. The number of aryl methyl sites for hydroxylation is 3. The molecule has 0 saturated carbocycles. The van der Waals surface area contributed by atoms with Gasteiger partial charge < -0.3 is 14.6 Å². The van der Waals surface area contributed by atoms with E-state index >= 15 is 0 Å². The smallest absolute Gasteiger partial charge is 0.136 e. The van der Waals surface area contributed by atoms with Crippen LogP contribution in [-0.2, 0) is 19.4 Å². The Labute approximate surface area is 221 Å². The van der Waals surface area contributed by atoms with Gasteiger partial charge in [0.1, 0.15) is 35.6 Å². The minimum atomic E-state index is -0.234. The Morgan fingerprint density at radius 1 is 0.947 bits per heavy atom. The Hall–Kier alpha value is -4.26. The molecule has 1 aliphatic rings. The van der Waals surface area contributed by atoms with Crippen molar-refractivity contribution in [1.29, 1.82) is 0 Å². The molecule has 1 aliphatic heterocycles. The van der Waals surface area contributed by atoms with E-state index in [1.54, 1.807) is 0 Å². The van der Waals surface area contributed by atoms with Gasteiger partial charge in [0.15, 0.2) is 0 Å². The lowest BCUT2D eigenvalue weighted by atomic mass is 10.0. The molecule has 6 rings (SSSR count). The number of H-pyrrole nitrogens is 1. The second-order valence-corrected chi connectivity index (χ2v) is 9.83. The number of halogens is 1. The molecule has 0 fully saturated rings. The van der Waals surface area contributed by atoms with Gasteiger partial charge in [-0.3, -0.25) is 0 Å². The van der Waals surface area contributed by atoms with Gasteiger partial charge in [-0.05, 0) is 66.9 Å². The lowest BCUT2D eigenvalue weighted by Crippen LogP contribution is -2.28. The standard InChI is InChI=1S/C31H30FN5O/c1-4-30-33-19(2)26(15-21-5-9-25(32)10-6-21)31(36-30)37-13-14-38-29-12-8-22(16-24(29)18-37)23-7-11-27-28(17-23)35-20(3)34-27/h5-12,16-17H,4,13-15,18H2,1-3H3,(H,34,35). The van der Waals surface area contributed by atoms with Crippen LogP contribution in [0.2, 0.25) is 0 Å². The van der Waals surface area contributed by atoms with Gasteiger partial charge >= 0.3 is 0 Å². The maximum absolute atomic E-state index is 13.5. The van der Waals surface area contributed by atoms with Crippen LogP contribution < -0.4 is 9.64 Å². The lowest BCUT2D eigenvalue weighted by molar-refractivity contribution is 0.331. The summed E-state index contributed by atoms with van der Waals surface area (Å²) in [6, 6.07) is 19.4. The van der Waals surface area contributed by atoms with Gasteiger partial charge in [0, 0.05) is 36.2 Å². The van der Waals surface area contributed by atoms with Crippen LogP contribution in [0.4, 0.5) is 10.2 Å². The molecule has 6 nitrogen and oxygen atoms in total. The summed E-state index contributed by atoms with van der Waals surface area (Å²) in [4.78, 5) is 19.9. The van der Waals surface area contributed by atoms with Crippen molar-refractivity contribution in [2.24, 2.45) is 0 Å². The number of benzene rings is 3. The summed E-state index contributed by atoms with van der Waals surface area (Å²) >= 11 is 0. The van der Waals surface area contributed by atoms with Crippen LogP contribution in [0.1, 0.15) is 41.0 Å². The van der Waals surface area contributed by atoms with Crippen molar-refractivity contribution in [2.75, 3.05) is 18.1 Å². The molecule has 3 aromatic carbocycles. The van der Waals surface area contributed by atoms with E-state index in [1.165, 1.54) is 12.1 Å². The Bertz CT molecular complexity index is 1630. The van der Waals surface area contributed by atoms with Gasteiger partial charge in [-0.25, -0.2) is 19.3 Å². The normalized spacial score (nSPS) is 13.3. The third-order valence-corrected chi connectivity index (χ3v) is 7.12. The second-order valence-electron chi connectivity index (χ2n) is 9.83.